The maximum absolute atomic E-state index is 11.1. The van der Waals surface area contributed by atoms with Crippen molar-refractivity contribution in [3.05, 3.63) is 29.8 Å². The predicted molar refractivity (Wildman–Crippen MR) is 65.6 cm³/mol. The molecule has 0 bridgehead atoms. The van der Waals surface area contributed by atoms with Crippen LogP contribution in [0.5, 0.6) is 5.75 Å². The van der Waals surface area contributed by atoms with Crippen LogP contribution in [0.1, 0.15) is 25.0 Å². The fraction of sp³-hybridized carbons (Fsp3) is 0.462. The highest BCUT2D eigenvalue weighted by atomic mass is 16.5. The van der Waals surface area contributed by atoms with E-state index in [0.29, 0.717) is 24.3 Å². The van der Waals surface area contributed by atoms with E-state index in [2.05, 4.69) is 0 Å². The summed E-state index contributed by atoms with van der Waals surface area (Å²) in [5, 5.41) is 17.7. The van der Waals surface area contributed by atoms with Crippen LogP contribution in [0.2, 0.25) is 0 Å². The van der Waals surface area contributed by atoms with Crippen molar-refractivity contribution in [2.75, 3.05) is 19.8 Å². The molecule has 1 aromatic carbocycles. The number of rotatable bonds is 8. The Morgan fingerprint density at radius 2 is 2.00 bits per heavy atom. The van der Waals surface area contributed by atoms with E-state index in [1.165, 1.54) is 0 Å². The Balaban J connectivity index is 2.69. The van der Waals surface area contributed by atoms with Gasteiger partial charge in [0.05, 0.1) is 13.2 Å². The molecule has 0 radical (unpaired) electrons. The quantitative estimate of drug-likeness (QED) is 0.689. The molecule has 0 aliphatic carbocycles. The molecule has 1 unspecified atom stereocenters. The van der Waals surface area contributed by atoms with Gasteiger partial charge in [0.25, 0.3) is 0 Å². The molecule has 0 aliphatic heterocycles. The molecule has 100 valence electrons. The zero-order valence-corrected chi connectivity index (χ0v) is 10.3. The van der Waals surface area contributed by atoms with Crippen LogP contribution in [0, 0.1) is 0 Å². The summed E-state index contributed by atoms with van der Waals surface area (Å²) in [6.07, 6.45) is -0.590. The van der Waals surface area contributed by atoms with Crippen LogP contribution >= 0.6 is 0 Å². The Kier molecular flexibility index (Phi) is 6.18. The minimum Gasteiger partial charge on any atom is -0.494 e. The summed E-state index contributed by atoms with van der Waals surface area (Å²) >= 11 is 0. The first-order valence-corrected chi connectivity index (χ1v) is 5.87. The van der Waals surface area contributed by atoms with Crippen LogP contribution < -0.4 is 4.74 Å². The fourth-order valence-electron chi connectivity index (χ4n) is 1.48. The third kappa shape index (κ3) is 4.35. The molecule has 1 atom stereocenters. The molecule has 0 aromatic heterocycles. The van der Waals surface area contributed by atoms with Crippen molar-refractivity contribution >= 4 is 5.97 Å². The number of hydrogen-bond acceptors (Lipinski definition) is 4. The summed E-state index contributed by atoms with van der Waals surface area (Å²) in [5.74, 6) is -0.349. The number of carboxylic acids is 1. The van der Waals surface area contributed by atoms with Gasteiger partial charge in [0.2, 0.25) is 0 Å². The summed E-state index contributed by atoms with van der Waals surface area (Å²) in [5.41, 5.74) is 0.559. The molecule has 5 heteroatoms. The third-order valence-electron chi connectivity index (χ3n) is 2.31. The van der Waals surface area contributed by atoms with Gasteiger partial charge in [-0.15, -0.1) is 0 Å². The highest BCUT2D eigenvalue weighted by Crippen LogP contribution is 2.21. The molecule has 0 spiro atoms. The topological polar surface area (TPSA) is 76.0 Å². The Morgan fingerprint density at radius 3 is 2.50 bits per heavy atom. The Hall–Kier alpha value is -1.59. The van der Waals surface area contributed by atoms with E-state index >= 15 is 0 Å². The van der Waals surface area contributed by atoms with Gasteiger partial charge in [-0.2, -0.15) is 0 Å². The Morgan fingerprint density at radius 1 is 1.33 bits per heavy atom. The van der Waals surface area contributed by atoms with Crippen LogP contribution in [-0.2, 0) is 9.53 Å². The molecular formula is C13H18O5. The SMILES string of the molecule is CCOc1ccc(C(OCCCO)C(=O)O)cc1. The largest absolute Gasteiger partial charge is 0.494 e. The van der Waals surface area contributed by atoms with E-state index < -0.39 is 12.1 Å². The van der Waals surface area contributed by atoms with E-state index in [4.69, 9.17) is 19.7 Å². The van der Waals surface area contributed by atoms with Crippen molar-refractivity contribution < 1.29 is 24.5 Å². The van der Waals surface area contributed by atoms with E-state index in [1.54, 1.807) is 24.3 Å². The zero-order chi connectivity index (χ0) is 13.4. The second kappa shape index (κ2) is 7.68. The Bertz CT molecular complexity index is 360. The molecule has 2 N–H and O–H groups in total. The lowest BCUT2D eigenvalue weighted by molar-refractivity contribution is -0.151. The van der Waals surface area contributed by atoms with Crippen LogP contribution in [0.3, 0.4) is 0 Å². The van der Waals surface area contributed by atoms with E-state index in [9.17, 15) is 4.79 Å². The van der Waals surface area contributed by atoms with Gasteiger partial charge in [0.15, 0.2) is 6.10 Å². The predicted octanol–water partition coefficient (Wildman–Crippen LogP) is 1.61. The van der Waals surface area contributed by atoms with Crippen molar-refractivity contribution in [3.8, 4) is 5.75 Å². The van der Waals surface area contributed by atoms with Crippen molar-refractivity contribution in [1.29, 1.82) is 0 Å². The maximum atomic E-state index is 11.1. The molecule has 0 aliphatic rings. The molecular weight excluding hydrogens is 236 g/mol. The van der Waals surface area contributed by atoms with Crippen LogP contribution in [-0.4, -0.2) is 36.0 Å². The minimum atomic E-state index is -1.04. The smallest absolute Gasteiger partial charge is 0.337 e. The Labute approximate surface area is 106 Å². The highest BCUT2D eigenvalue weighted by molar-refractivity contribution is 5.74. The van der Waals surface area contributed by atoms with Crippen LogP contribution in [0.15, 0.2) is 24.3 Å². The molecule has 0 saturated carbocycles. The number of carbonyl (C=O) groups is 1. The standard InChI is InChI=1S/C13H18O5/c1-2-17-11-6-4-10(5-7-11)12(13(15)16)18-9-3-8-14/h4-7,12,14H,2-3,8-9H2,1H3,(H,15,16). The lowest BCUT2D eigenvalue weighted by Crippen LogP contribution is -2.16. The van der Waals surface area contributed by atoms with Gasteiger partial charge in [0, 0.05) is 6.61 Å². The van der Waals surface area contributed by atoms with Gasteiger partial charge in [-0.05, 0) is 31.0 Å². The molecule has 1 rings (SSSR count). The summed E-state index contributed by atoms with van der Waals surface area (Å²) in [7, 11) is 0. The van der Waals surface area contributed by atoms with E-state index in [-0.39, 0.29) is 13.2 Å². The molecule has 18 heavy (non-hydrogen) atoms. The zero-order valence-electron chi connectivity index (χ0n) is 10.3. The molecule has 1 aromatic rings. The van der Waals surface area contributed by atoms with Gasteiger partial charge in [0.1, 0.15) is 5.75 Å². The summed E-state index contributed by atoms with van der Waals surface area (Å²) in [6.45, 7) is 2.64. The van der Waals surface area contributed by atoms with E-state index in [1.807, 2.05) is 6.92 Å². The van der Waals surface area contributed by atoms with Crippen molar-refractivity contribution in [3.63, 3.8) is 0 Å². The number of aliphatic hydroxyl groups is 1. The van der Waals surface area contributed by atoms with Gasteiger partial charge in [-0.25, -0.2) is 4.79 Å². The first kappa shape index (κ1) is 14.5. The van der Waals surface area contributed by atoms with Crippen LogP contribution in [0.25, 0.3) is 0 Å². The van der Waals surface area contributed by atoms with Gasteiger partial charge < -0.3 is 19.7 Å². The molecule has 0 saturated heterocycles. The lowest BCUT2D eigenvalue weighted by Gasteiger charge is -2.14. The third-order valence-corrected chi connectivity index (χ3v) is 2.31. The second-order valence-corrected chi connectivity index (χ2v) is 3.67. The highest BCUT2D eigenvalue weighted by Gasteiger charge is 2.20. The minimum absolute atomic E-state index is 0.0182. The van der Waals surface area contributed by atoms with Crippen LogP contribution in [0.4, 0.5) is 0 Å². The number of aliphatic carboxylic acids is 1. The average Bonchev–Trinajstić information content (AvgIpc) is 2.36. The molecule has 5 nitrogen and oxygen atoms in total. The van der Waals surface area contributed by atoms with Gasteiger partial charge in [-0.1, -0.05) is 12.1 Å². The summed E-state index contributed by atoms with van der Waals surface area (Å²) in [4.78, 5) is 11.1. The average molecular weight is 254 g/mol. The first-order chi connectivity index (χ1) is 8.69. The fourth-order valence-corrected chi connectivity index (χ4v) is 1.48. The van der Waals surface area contributed by atoms with E-state index in [0.717, 1.165) is 0 Å². The maximum Gasteiger partial charge on any atom is 0.337 e. The second-order valence-electron chi connectivity index (χ2n) is 3.67. The number of hydrogen-bond donors (Lipinski definition) is 2. The number of benzene rings is 1. The number of ether oxygens (including phenoxy) is 2. The van der Waals surface area contributed by atoms with Crippen molar-refractivity contribution in [2.24, 2.45) is 0 Å². The monoisotopic (exact) mass is 254 g/mol. The van der Waals surface area contributed by atoms with Crippen molar-refractivity contribution in [2.45, 2.75) is 19.4 Å². The molecule has 0 amide bonds. The number of aliphatic hydroxyl groups excluding tert-OH is 1. The normalized spacial score (nSPS) is 12.1. The summed E-state index contributed by atoms with van der Waals surface area (Å²) < 4.78 is 10.5. The van der Waals surface area contributed by atoms with Gasteiger partial charge in [-0.3, -0.25) is 0 Å². The lowest BCUT2D eigenvalue weighted by atomic mass is 10.1. The first-order valence-electron chi connectivity index (χ1n) is 5.87. The molecule has 0 fully saturated rings. The molecule has 0 heterocycles. The summed E-state index contributed by atoms with van der Waals surface area (Å²) in [6, 6.07) is 6.76. The van der Waals surface area contributed by atoms with Crippen molar-refractivity contribution in [1.82, 2.24) is 0 Å². The number of carboxylic acid groups (broad SMARTS) is 1. The van der Waals surface area contributed by atoms with Gasteiger partial charge >= 0.3 is 5.97 Å².